The van der Waals surface area contributed by atoms with Crippen LogP contribution in [0, 0.1) is 5.92 Å². The lowest BCUT2D eigenvalue weighted by atomic mass is 9.96. The van der Waals surface area contributed by atoms with E-state index in [0.717, 1.165) is 4.90 Å². The fraction of sp³-hybridized carbons (Fsp3) is 0.560. The van der Waals surface area contributed by atoms with E-state index in [1.807, 2.05) is 39.0 Å². The average Bonchev–Trinajstić information content (AvgIpc) is 2.82. The Morgan fingerprint density at radius 2 is 1.84 bits per heavy atom. The van der Waals surface area contributed by atoms with Crippen LogP contribution in [-0.2, 0) is 0 Å². The van der Waals surface area contributed by atoms with Crippen LogP contribution < -0.4 is 20.3 Å². The molecule has 0 unspecified atom stereocenters. The van der Waals surface area contributed by atoms with Gasteiger partial charge in [0.15, 0.2) is 11.5 Å². The third-order valence-electron chi connectivity index (χ3n) is 5.66. The number of benzene rings is 1. The van der Waals surface area contributed by atoms with Crippen molar-refractivity contribution in [2.24, 2.45) is 5.92 Å². The van der Waals surface area contributed by atoms with Gasteiger partial charge in [0.05, 0.1) is 24.3 Å². The second-order valence-corrected chi connectivity index (χ2v) is 11.7. The standard InChI is InChI=1S/C25H35F3N6O2S/c1-23(2,3)33-37-18-8-6-7-17(13-18)30-22(36)20-21(31-19(14-29-20)32-24(4,5)15-35)34-11-9-16(10-12-34)25(26,27)28/h6-8,13-14,16,33,35H,9-12,15H2,1-5H3,(H,30,36)(H,31,32). The lowest BCUT2D eigenvalue weighted by molar-refractivity contribution is -0.179. The van der Waals surface area contributed by atoms with Crippen molar-refractivity contribution in [1.29, 1.82) is 0 Å². The molecule has 1 saturated heterocycles. The monoisotopic (exact) mass is 540 g/mol. The summed E-state index contributed by atoms with van der Waals surface area (Å²) in [7, 11) is 0. The van der Waals surface area contributed by atoms with Gasteiger partial charge in [-0.05, 0) is 77.6 Å². The summed E-state index contributed by atoms with van der Waals surface area (Å²) in [6.07, 6.45) is -3.05. The molecule has 1 fully saturated rings. The molecule has 0 atom stereocenters. The maximum atomic E-state index is 13.3. The maximum absolute atomic E-state index is 13.3. The summed E-state index contributed by atoms with van der Waals surface area (Å²) >= 11 is 1.44. The van der Waals surface area contributed by atoms with Gasteiger partial charge in [0.25, 0.3) is 5.91 Å². The first kappa shape index (κ1) is 29.0. The Morgan fingerprint density at radius 3 is 2.43 bits per heavy atom. The summed E-state index contributed by atoms with van der Waals surface area (Å²) in [5.74, 6) is -1.38. The molecule has 3 rings (SSSR count). The van der Waals surface area contributed by atoms with Crippen molar-refractivity contribution in [1.82, 2.24) is 14.7 Å². The predicted octanol–water partition coefficient (Wildman–Crippen LogP) is 5.09. The summed E-state index contributed by atoms with van der Waals surface area (Å²) in [6.45, 7) is 9.68. The first-order valence-electron chi connectivity index (χ1n) is 12.1. The average molecular weight is 541 g/mol. The number of hydrogen-bond acceptors (Lipinski definition) is 8. The highest BCUT2D eigenvalue weighted by molar-refractivity contribution is 7.97. The summed E-state index contributed by atoms with van der Waals surface area (Å²) < 4.78 is 43.0. The number of carbonyl (C=O) groups excluding carboxylic acids is 1. The molecular weight excluding hydrogens is 505 g/mol. The number of nitrogens with zero attached hydrogens (tertiary/aromatic N) is 3. The van der Waals surface area contributed by atoms with Gasteiger partial charge in [0.1, 0.15) is 5.82 Å². The zero-order chi connectivity index (χ0) is 27.4. The molecule has 1 aromatic heterocycles. The fourth-order valence-electron chi connectivity index (χ4n) is 3.66. The van der Waals surface area contributed by atoms with Gasteiger partial charge < -0.3 is 20.6 Å². The number of nitrogens with one attached hydrogen (secondary N) is 3. The van der Waals surface area contributed by atoms with Crippen LogP contribution in [0.15, 0.2) is 35.4 Å². The van der Waals surface area contributed by atoms with E-state index in [4.69, 9.17) is 0 Å². The number of halogens is 3. The highest BCUT2D eigenvalue weighted by Gasteiger charge is 2.41. The van der Waals surface area contributed by atoms with E-state index in [9.17, 15) is 23.1 Å². The van der Waals surface area contributed by atoms with E-state index in [0.29, 0.717) is 11.5 Å². The second-order valence-electron chi connectivity index (χ2n) is 10.8. The predicted molar refractivity (Wildman–Crippen MR) is 141 cm³/mol. The molecule has 0 spiro atoms. The molecule has 2 aromatic rings. The zero-order valence-electron chi connectivity index (χ0n) is 21.7. The van der Waals surface area contributed by atoms with Crippen LogP contribution in [0.1, 0.15) is 57.9 Å². The lowest BCUT2D eigenvalue weighted by Crippen LogP contribution is -2.41. The number of alkyl halides is 3. The van der Waals surface area contributed by atoms with Gasteiger partial charge in [-0.2, -0.15) is 13.2 Å². The molecule has 1 aromatic carbocycles. The molecule has 0 radical (unpaired) electrons. The molecular formula is C25H35F3N6O2S. The summed E-state index contributed by atoms with van der Waals surface area (Å²) in [6, 6.07) is 7.31. The quantitative estimate of drug-likeness (QED) is 0.344. The number of anilines is 3. The highest BCUT2D eigenvalue weighted by Crippen LogP contribution is 2.36. The molecule has 12 heteroatoms. The molecule has 4 N–H and O–H groups in total. The minimum atomic E-state index is -4.25. The number of aliphatic hydroxyl groups excluding tert-OH is 1. The van der Waals surface area contributed by atoms with Gasteiger partial charge in [0.2, 0.25) is 0 Å². The molecule has 204 valence electrons. The summed E-state index contributed by atoms with van der Waals surface area (Å²) in [4.78, 5) is 24.7. The van der Waals surface area contributed by atoms with Crippen LogP contribution in [0.5, 0.6) is 0 Å². The minimum absolute atomic E-state index is 0.0173. The van der Waals surface area contributed by atoms with Crippen molar-refractivity contribution in [2.75, 3.05) is 35.2 Å². The molecule has 1 aliphatic rings. The molecule has 0 bridgehead atoms. The van der Waals surface area contributed by atoms with Gasteiger partial charge in [-0.1, -0.05) is 6.07 Å². The SMILES string of the molecule is CC(C)(C)NSc1cccc(NC(=O)c2ncc(NC(C)(C)CO)nc2N2CCC(C(F)(F)F)CC2)c1. The number of amides is 1. The van der Waals surface area contributed by atoms with Gasteiger partial charge in [-0.25, -0.2) is 9.97 Å². The number of rotatable bonds is 8. The Labute approximate surface area is 220 Å². The zero-order valence-corrected chi connectivity index (χ0v) is 22.6. The summed E-state index contributed by atoms with van der Waals surface area (Å²) in [5.41, 5.74) is -0.242. The first-order valence-corrected chi connectivity index (χ1v) is 12.9. The van der Waals surface area contributed by atoms with Crippen molar-refractivity contribution >= 4 is 35.2 Å². The number of piperidine rings is 1. The smallest absolute Gasteiger partial charge is 0.391 e. The molecule has 37 heavy (non-hydrogen) atoms. The highest BCUT2D eigenvalue weighted by atomic mass is 32.2. The number of carbonyl (C=O) groups is 1. The number of aromatic nitrogens is 2. The normalized spacial score (nSPS) is 15.5. The third-order valence-corrected chi connectivity index (χ3v) is 6.86. The molecule has 1 aliphatic heterocycles. The van der Waals surface area contributed by atoms with Gasteiger partial charge in [0, 0.05) is 29.2 Å². The Hall–Kier alpha value is -2.57. The van der Waals surface area contributed by atoms with Crippen molar-refractivity contribution in [3.8, 4) is 0 Å². The second kappa shape index (κ2) is 11.4. The Kier molecular flexibility index (Phi) is 8.97. The largest absolute Gasteiger partial charge is 0.394 e. The van der Waals surface area contributed by atoms with Crippen molar-refractivity contribution < 1.29 is 23.1 Å². The maximum Gasteiger partial charge on any atom is 0.391 e. The molecule has 2 heterocycles. The van der Waals surface area contributed by atoms with Crippen LogP contribution in [-0.4, -0.2) is 57.9 Å². The van der Waals surface area contributed by atoms with Crippen molar-refractivity contribution in [3.05, 3.63) is 36.2 Å². The molecule has 0 saturated carbocycles. The Morgan fingerprint density at radius 1 is 1.16 bits per heavy atom. The Balaban J connectivity index is 1.85. The van der Waals surface area contributed by atoms with Crippen LogP contribution in [0.25, 0.3) is 0 Å². The summed E-state index contributed by atoms with van der Waals surface area (Å²) in [5, 5.41) is 15.5. The van der Waals surface area contributed by atoms with Gasteiger partial charge in [-0.15, -0.1) is 0 Å². The van der Waals surface area contributed by atoms with Crippen LogP contribution in [0.4, 0.5) is 30.5 Å². The van der Waals surface area contributed by atoms with E-state index in [2.05, 4.69) is 25.3 Å². The first-order chi connectivity index (χ1) is 17.2. The molecule has 8 nitrogen and oxygen atoms in total. The van der Waals surface area contributed by atoms with E-state index < -0.39 is 23.5 Å². The van der Waals surface area contributed by atoms with Crippen LogP contribution >= 0.6 is 11.9 Å². The Bertz CT molecular complexity index is 1080. The van der Waals surface area contributed by atoms with Crippen molar-refractivity contribution in [2.45, 2.75) is 69.6 Å². The molecule has 1 amide bonds. The lowest BCUT2D eigenvalue weighted by Gasteiger charge is -2.34. The van der Waals surface area contributed by atoms with Crippen LogP contribution in [0.3, 0.4) is 0 Å². The van der Waals surface area contributed by atoms with Gasteiger partial charge in [-0.3, -0.25) is 9.52 Å². The van der Waals surface area contributed by atoms with E-state index >= 15 is 0 Å². The minimum Gasteiger partial charge on any atom is -0.394 e. The van der Waals surface area contributed by atoms with Crippen LogP contribution in [0.2, 0.25) is 0 Å². The molecule has 0 aliphatic carbocycles. The van der Waals surface area contributed by atoms with E-state index in [1.165, 1.54) is 18.1 Å². The van der Waals surface area contributed by atoms with E-state index in [-0.39, 0.29) is 49.6 Å². The fourth-order valence-corrected chi connectivity index (χ4v) is 4.42. The topological polar surface area (TPSA) is 102 Å². The number of hydrogen-bond donors (Lipinski definition) is 4. The van der Waals surface area contributed by atoms with Crippen molar-refractivity contribution in [3.63, 3.8) is 0 Å². The number of aliphatic hydroxyl groups is 1. The van der Waals surface area contributed by atoms with Gasteiger partial charge >= 0.3 is 6.18 Å². The third kappa shape index (κ3) is 8.47. The van der Waals surface area contributed by atoms with E-state index in [1.54, 1.807) is 24.8 Å².